The van der Waals surface area contributed by atoms with Crippen LogP contribution in [0.2, 0.25) is 0 Å². The van der Waals surface area contributed by atoms with E-state index in [0.29, 0.717) is 0 Å². The number of methoxy groups -OCH3 is 1. The van der Waals surface area contributed by atoms with E-state index in [2.05, 4.69) is 38.2 Å². The maximum Gasteiger partial charge on any atom is 0.430 e. The van der Waals surface area contributed by atoms with Gasteiger partial charge in [0.25, 0.3) is 5.08 Å². The van der Waals surface area contributed by atoms with Crippen molar-refractivity contribution in [3.63, 3.8) is 0 Å². The van der Waals surface area contributed by atoms with Gasteiger partial charge in [-0.3, -0.25) is 23.5 Å². The zero-order chi connectivity index (χ0) is 39.7. The highest BCUT2D eigenvalue weighted by molar-refractivity contribution is 7.73. The first-order valence-corrected chi connectivity index (χ1v) is 18.0. The number of hydrogen-bond acceptors (Lipinski definition) is 21. The number of ether oxygens (including phenoxy) is 2. The molecule has 2 aromatic rings. The topological polar surface area (TPSA) is 308 Å². The summed E-state index contributed by atoms with van der Waals surface area (Å²) in [6, 6.07) is 1.97. The zero-order valence-electron chi connectivity index (χ0n) is 28.7. The van der Waals surface area contributed by atoms with E-state index in [1.165, 1.54) is 25.3 Å². The number of ketones is 3. The predicted molar refractivity (Wildman–Crippen MR) is 169 cm³/mol. The number of phenols is 2. The van der Waals surface area contributed by atoms with Gasteiger partial charge >= 0.3 is 21.3 Å². The summed E-state index contributed by atoms with van der Waals surface area (Å²) in [6.07, 6.45) is -5.23. The lowest BCUT2D eigenvalue weighted by Crippen LogP contribution is -2.52. The average molecular weight is 796 g/mol. The Kier molecular flexibility index (Phi) is 12.5. The maximum absolute atomic E-state index is 13.6. The highest BCUT2D eigenvalue weighted by atomic mass is 31.2. The van der Waals surface area contributed by atoms with Gasteiger partial charge in [-0.15, -0.1) is 18.7 Å². The number of aliphatic hydroxyl groups is 3. The fraction of sp³-hybridized carbons (Fsp3) is 0.448. The Morgan fingerprint density at radius 1 is 0.906 bits per heavy atom. The minimum absolute atomic E-state index is 0.00741. The number of amides is 1. The van der Waals surface area contributed by atoms with Crippen LogP contribution >= 0.6 is 15.2 Å². The fourth-order valence-electron chi connectivity index (χ4n) is 6.00. The Balaban J connectivity index is 1.61. The lowest BCUT2D eigenvalue weighted by atomic mass is 9.72. The van der Waals surface area contributed by atoms with Crippen molar-refractivity contribution in [2.45, 2.75) is 42.6 Å². The number of rotatable bonds is 16. The molecule has 2 aliphatic carbocycles. The number of fused-ring (bicyclic) bond motifs is 3. The summed E-state index contributed by atoms with van der Waals surface area (Å²) in [7, 11) is -6.44. The van der Waals surface area contributed by atoms with Crippen LogP contribution in [0.3, 0.4) is 0 Å². The third-order valence-electron chi connectivity index (χ3n) is 8.36. The van der Waals surface area contributed by atoms with Crippen LogP contribution in [0.25, 0.3) is 0 Å². The largest absolute Gasteiger partial charge is 0.507 e. The van der Waals surface area contributed by atoms with E-state index in [-0.39, 0.29) is 16.9 Å². The molecule has 0 spiro atoms. The minimum Gasteiger partial charge on any atom is -0.507 e. The van der Waals surface area contributed by atoms with Crippen molar-refractivity contribution in [3.05, 3.63) is 51.6 Å². The minimum atomic E-state index is -5.45. The van der Waals surface area contributed by atoms with Crippen LogP contribution in [0.5, 0.6) is 17.2 Å². The second kappa shape index (κ2) is 15.9. The first kappa shape index (κ1) is 41.9. The van der Waals surface area contributed by atoms with Crippen molar-refractivity contribution < 1.29 is 102 Å². The van der Waals surface area contributed by atoms with Gasteiger partial charge in [-0.2, -0.15) is 0 Å². The number of hydrogen-bond donors (Lipinski definition) is 6. The maximum atomic E-state index is 13.6. The first-order valence-electron chi connectivity index (χ1n) is 14.9. The van der Waals surface area contributed by atoms with Crippen LogP contribution in [0, 0.1) is 0 Å². The zero-order valence-corrected chi connectivity index (χ0v) is 30.5. The quantitative estimate of drug-likeness (QED) is 0.0519. The molecule has 3 unspecified atom stereocenters. The summed E-state index contributed by atoms with van der Waals surface area (Å²) >= 11 is 0. The lowest BCUT2D eigenvalue weighted by Gasteiger charge is -2.38. The first-order chi connectivity index (χ1) is 24.9. The Bertz CT molecular complexity index is 1850. The Morgan fingerprint density at radius 2 is 1.43 bits per heavy atom. The lowest BCUT2D eigenvalue weighted by molar-refractivity contribution is -0.264. The number of benzene rings is 2. The van der Waals surface area contributed by atoms with Crippen molar-refractivity contribution in [2.24, 2.45) is 0 Å². The van der Waals surface area contributed by atoms with E-state index >= 15 is 0 Å². The van der Waals surface area contributed by atoms with Gasteiger partial charge in [0.15, 0.2) is 12.4 Å². The third kappa shape index (κ3) is 6.98. The summed E-state index contributed by atoms with van der Waals surface area (Å²) in [6.45, 7) is -0.420. The van der Waals surface area contributed by atoms with Gasteiger partial charge in [-0.05, 0) is 13.0 Å². The van der Waals surface area contributed by atoms with Crippen LogP contribution in [0.15, 0.2) is 18.2 Å². The Hall–Kier alpha value is -3.86. The number of aromatic hydroxyl groups is 2. The van der Waals surface area contributed by atoms with Crippen LogP contribution < -0.4 is 10.1 Å². The van der Waals surface area contributed by atoms with E-state index in [4.69, 9.17) is 9.47 Å². The summed E-state index contributed by atoms with van der Waals surface area (Å²) in [5.74, 6) is -4.86. The molecule has 6 N–H and O–H groups in total. The van der Waals surface area contributed by atoms with Crippen molar-refractivity contribution in [3.8, 4) is 17.2 Å². The molecule has 3 atom stereocenters. The molecule has 1 amide bonds. The molecule has 24 heteroatoms. The van der Waals surface area contributed by atoms with E-state index in [1.807, 2.05) is 5.32 Å². The SMILES string of the molecule is COOP(=O)(OOC)C(O)(C(C)NC(=O)OCC(=O)C1(O)Cc2c(O)c3c(c(O)c2C(O)C1)C(=O)c1c(OC)cccc1C3=O)P(=O)(OOC)OOC. The van der Waals surface area contributed by atoms with Crippen molar-refractivity contribution in [1.29, 1.82) is 0 Å². The molecule has 0 bridgehead atoms. The van der Waals surface area contributed by atoms with Gasteiger partial charge in [0.05, 0.1) is 64.4 Å². The molecule has 0 fully saturated rings. The molecule has 0 heterocycles. The van der Waals surface area contributed by atoms with Crippen LogP contribution in [-0.2, 0) is 63.3 Å². The summed E-state index contributed by atoms with van der Waals surface area (Å²) in [5, 5.41) is 54.6. The molecule has 4 rings (SSSR count). The molecule has 0 radical (unpaired) electrons. The van der Waals surface area contributed by atoms with Crippen molar-refractivity contribution in [2.75, 3.05) is 42.2 Å². The molecule has 22 nitrogen and oxygen atoms in total. The van der Waals surface area contributed by atoms with Gasteiger partial charge in [0, 0.05) is 29.5 Å². The van der Waals surface area contributed by atoms with Crippen LogP contribution in [0.1, 0.15) is 62.4 Å². The molecular formula is C29H35NO21P2. The molecular weight excluding hydrogens is 760 g/mol. The summed E-state index contributed by atoms with van der Waals surface area (Å²) in [5.41, 5.74) is -5.14. The Morgan fingerprint density at radius 3 is 1.94 bits per heavy atom. The van der Waals surface area contributed by atoms with E-state index < -0.39 is 115 Å². The monoisotopic (exact) mass is 795 g/mol. The highest BCUT2D eigenvalue weighted by Gasteiger charge is 2.72. The van der Waals surface area contributed by atoms with Crippen molar-refractivity contribution >= 4 is 38.6 Å². The predicted octanol–water partition coefficient (Wildman–Crippen LogP) is 1.62. The normalized spacial score (nSPS) is 19.2. The second-order valence-electron chi connectivity index (χ2n) is 11.3. The Labute approximate surface area is 299 Å². The number of Topliss-reactive ketones (excluding diaryl/α,β-unsaturated/α-hetero) is 1. The van der Waals surface area contributed by atoms with Crippen molar-refractivity contribution in [1.82, 2.24) is 5.32 Å². The van der Waals surface area contributed by atoms with Gasteiger partial charge in [-0.25, -0.2) is 24.3 Å². The molecule has 0 saturated carbocycles. The van der Waals surface area contributed by atoms with E-state index in [9.17, 15) is 53.8 Å². The number of carbonyl (C=O) groups excluding carboxylic acids is 4. The smallest absolute Gasteiger partial charge is 0.430 e. The third-order valence-corrected chi connectivity index (χ3v) is 13.6. The number of nitrogens with one attached hydrogen (secondary N) is 1. The number of phenolic OH excluding ortho intramolecular Hbond substituents is 2. The molecule has 0 saturated heterocycles. The standard InChI is InChI=1S/C29H35NO21P2/c1-13(29(39,52(40,48-43-3)49-44-4)53(41,50-45-5)51-46-6)30-27(37)47-12-18(32)28(38)10-15-19(16(31)11-28)25(35)22-21(24(15)34)23(33)14-8-7-9-17(42-2)20(14)26(22)36/h7-9,13,16,31,34-35,38-39H,10-12H2,1-6H3,(H,30,37). The summed E-state index contributed by atoms with van der Waals surface area (Å²) < 4.78 is 55.4. The van der Waals surface area contributed by atoms with E-state index in [1.54, 1.807) is 0 Å². The molecule has 292 valence electrons. The highest BCUT2D eigenvalue weighted by Crippen LogP contribution is 2.78. The van der Waals surface area contributed by atoms with Gasteiger partial charge in [0.2, 0.25) is 11.6 Å². The molecule has 2 aliphatic rings. The molecule has 0 aliphatic heterocycles. The molecule has 53 heavy (non-hydrogen) atoms. The average Bonchev–Trinajstić information content (AvgIpc) is 3.10. The van der Waals surface area contributed by atoms with Gasteiger partial charge < -0.3 is 40.3 Å². The van der Waals surface area contributed by atoms with Gasteiger partial charge in [-0.1, -0.05) is 12.1 Å². The number of alkyl carbamates (subject to hydrolysis) is 1. The fourth-order valence-corrected chi connectivity index (χ4v) is 9.95. The van der Waals surface area contributed by atoms with E-state index in [0.717, 1.165) is 35.4 Å². The van der Waals surface area contributed by atoms with Crippen LogP contribution in [0.4, 0.5) is 4.79 Å². The molecule has 0 aromatic heterocycles. The molecule has 2 aromatic carbocycles. The number of aliphatic hydroxyl groups excluding tert-OH is 1. The summed E-state index contributed by atoms with van der Waals surface area (Å²) in [4.78, 5) is 70.6. The number of carbonyl (C=O) groups is 4. The van der Waals surface area contributed by atoms with Gasteiger partial charge in [0.1, 0.15) is 22.8 Å². The van der Waals surface area contributed by atoms with Crippen LogP contribution in [-0.4, -0.2) is 108 Å². The second-order valence-corrected chi connectivity index (χ2v) is 15.6.